The molecule has 3 aromatic rings. The van der Waals surface area contributed by atoms with Crippen LogP contribution in [0.5, 0.6) is 0 Å². The maximum absolute atomic E-state index is 13.2. The molecule has 8 heteroatoms. The van der Waals surface area contributed by atoms with Gasteiger partial charge in [0, 0.05) is 12.2 Å². The fourth-order valence-corrected chi connectivity index (χ4v) is 4.06. The predicted octanol–water partition coefficient (Wildman–Crippen LogP) is 3.79. The lowest BCUT2D eigenvalue weighted by atomic mass is 10.2. The first-order valence-electron chi connectivity index (χ1n) is 8.70. The van der Waals surface area contributed by atoms with Gasteiger partial charge in [0.2, 0.25) is 15.9 Å². The molecule has 150 valence electrons. The molecule has 1 N–H and O–H groups in total. The van der Waals surface area contributed by atoms with Gasteiger partial charge in [-0.3, -0.25) is 4.79 Å². The molecule has 0 aliphatic carbocycles. The summed E-state index contributed by atoms with van der Waals surface area (Å²) in [5.41, 5.74) is 0.871. The fourth-order valence-electron chi connectivity index (χ4n) is 2.65. The van der Waals surface area contributed by atoms with Crippen LogP contribution >= 0.6 is 0 Å². The van der Waals surface area contributed by atoms with Gasteiger partial charge in [0.15, 0.2) is 0 Å². The number of hydrogen-bond donors (Lipinski definition) is 1. The van der Waals surface area contributed by atoms with E-state index in [1.54, 1.807) is 18.2 Å². The van der Waals surface area contributed by atoms with Gasteiger partial charge in [-0.25, -0.2) is 17.2 Å². The van der Waals surface area contributed by atoms with Crippen LogP contribution in [0.1, 0.15) is 5.56 Å². The summed E-state index contributed by atoms with van der Waals surface area (Å²) in [7, 11) is -3.98. The monoisotopic (exact) mass is 416 g/mol. The average molecular weight is 416 g/mol. The van der Waals surface area contributed by atoms with Crippen molar-refractivity contribution in [1.29, 1.82) is 0 Å². The van der Waals surface area contributed by atoms with Crippen LogP contribution in [0, 0.1) is 11.6 Å². The highest BCUT2D eigenvalue weighted by Crippen LogP contribution is 2.19. The Hall–Kier alpha value is -3.10. The summed E-state index contributed by atoms with van der Waals surface area (Å²) in [6, 6.07) is 18.2. The van der Waals surface area contributed by atoms with Crippen molar-refractivity contribution >= 4 is 21.6 Å². The Morgan fingerprint density at radius 1 is 0.828 bits per heavy atom. The summed E-state index contributed by atoms with van der Waals surface area (Å²) in [5.74, 6) is -1.48. The minimum absolute atomic E-state index is 0.0386. The van der Waals surface area contributed by atoms with Gasteiger partial charge in [0.25, 0.3) is 0 Å². The number of hydrogen-bond acceptors (Lipinski definition) is 3. The van der Waals surface area contributed by atoms with Gasteiger partial charge in [-0.1, -0.05) is 30.3 Å². The van der Waals surface area contributed by atoms with E-state index in [0.717, 1.165) is 4.31 Å². The van der Waals surface area contributed by atoms with Gasteiger partial charge in [-0.15, -0.1) is 0 Å². The van der Waals surface area contributed by atoms with E-state index in [0.29, 0.717) is 11.3 Å². The number of rotatable bonds is 7. The van der Waals surface area contributed by atoms with Crippen LogP contribution in [0.25, 0.3) is 0 Å². The third-order valence-corrected chi connectivity index (χ3v) is 5.91. The third-order valence-electron chi connectivity index (χ3n) is 4.10. The standard InChI is InChI=1S/C21H18F2N2O3S/c22-17-8-6-16(7-9-17)14-25(29(27,28)20-4-2-1-3-5-20)15-21(26)24-19-12-10-18(23)11-13-19/h1-13H,14-15H2,(H,24,26). The number of nitrogens with zero attached hydrogens (tertiary/aromatic N) is 1. The first kappa shape index (κ1) is 20.6. The smallest absolute Gasteiger partial charge is 0.243 e. The highest BCUT2D eigenvalue weighted by molar-refractivity contribution is 7.89. The molecule has 0 fully saturated rings. The van der Waals surface area contributed by atoms with E-state index in [-0.39, 0.29) is 11.4 Å². The number of carbonyl (C=O) groups is 1. The van der Waals surface area contributed by atoms with Crippen LogP contribution in [0.4, 0.5) is 14.5 Å². The Bertz CT molecular complexity index is 1070. The fraction of sp³-hybridized carbons (Fsp3) is 0.0952. The summed E-state index contributed by atoms with van der Waals surface area (Å²) in [4.78, 5) is 12.5. The maximum Gasteiger partial charge on any atom is 0.243 e. The summed E-state index contributed by atoms with van der Waals surface area (Å²) in [5, 5.41) is 2.55. The quantitative estimate of drug-likeness (QED) is 0.637. The number of halogens is 2. The molecule has 0 aliphatic heterocycles. The second-order valence-corrected chi connectivity index (χ2v) is 8.21. The lowest BCUT2D eigenvalue weighted by Gasteiger charge is -2.22. The Morgan fingerprint density at radius 2 is 1.38 bits per heavy atom. The molecule has 0 spiro atoms. The van der Waals surface area contributed by atoms with Gasteiger partial charge >= 0.3 is 0 Å². The van der Waals surface area contributed by atoms with Gasteiger partial charge in [0.05, 0.1) is 11.4 Å². The molecule has 0 saturated carbocycles. The van der Waals surface area contributed by atoms with Crippen LogP contribution in [-0.2, 0) is 21.4 Å². The highest BCUT2D eigenvalue weighted by Gasteiger charge is 2.26. The molecule has 3 aromatic carbocycles. The molecule has 3 rings (SSSR count). The molecule has 5 nitrogen and oxygen atoms in total. The van der Waals surface area contributed by atoms with Crippen molar-refractivity contribution in [3.05, 3.63) is 96.1 Å². The molecule has 0 aliphatic rings. The molecule has 0 heterocycles. The molecule has 0 bridgehead atoms. The minimum Gasteiger partial charge on any atom is -0.325 e. The Kier molecular flexibility index (Phi) is 6.36. The van der Waals surface area contributed by atoms with Crippen LogP contribution in [0.2, 0.25) is 0 Å². The van der Waals surface area contributed by atoms with Crippen LogP contribution in [-0.4, -0.2) is 25.2 Å². The summed E-state index contributed by atoms with van der Waals surface area (Å²) >= 11 is 0. The van der Waals surface area contributed by atoms with E-state index in [9.17, 15) is 22.0 Å². The van der Waals surface area contributed by atoms with Crippen LogP contribution in [0.3, 0.4) is 0 Å². The van der Waals surface area contributed by atoms with E-state index in [2.05, 4.69) is 5.32 Å². The molecular weight excluding hydrogens is 398 g/mol. The predicted molar refractivity (Wildman–Crippen MR) is 105 cm³/mol. The average Bonchev–Trinajstić information content (AvgIpc) is 2.71. The Morgan fingerprint density at radius 3 is 1.97 bits per heavy atom. The third kappa shape index (κ3) is 5.46. The van der Waals surface area contributed by atoms with Crippen LogP contribution < -0.4 is 5.32 Å². The minimum atomic E-state index is -3.98. The zero-order chi connectivity index (χ0) is 20.9. The number of carbonyl (C=O) groups excluding carboxylic acids is 1. The first-order valence-corrected chi connectivity index (χ1v) is 10.1. The summed E-state index contributed by atoms with van der Waals surface area (Å²) < 4.78 is 53.3. The van der Waals surface area contributed by atoms with Crippen molar-refractivity contribution in [1.82, 2.24) is 4.31 Å². The van der Waals surface area contributed by atoms with Crippen molar-refractivity contribution < 1.29 is 22.0 Å². The lowest BCUT2D eigenvalue weighted by molar-refractivity contribution is -0.116. The molecule has 0 atom stereocenters. The van der Waals surface area contributed by atoms with Gasteiger partial charge in [0.1, 0.15) is 11.6 Å². The number of anilines is 1. The summed E-state index contributed by atoms with van der Waals surface area (Å²) in [6.07, 6.45) is 0. The SMILES string of the molecule is O=C(CN(Cc1ccc(F)cc1)S(=O)(=O)c1ccccc1)Nc1ccc(F)cc1. The van der Waals surface area contributed by atoms with Crippen molar-refractivity contribution in [3.63, 3.8) is 0 Å². The van der Waals surface area contributed by atoms with E-state index in [1.807, 2.05) is 0 Å². The molecule has 0 aromatic heterocycles. The van der Waals surface area contributed by atoms with Crippen molar-refractivity contribution in [2.24, 2.45) is 0 Å². The number of sulfonamides is 1. The van der Waals surface area contributed by atoms with Crippen LogP contribution in [0.15, 0.2) is 83.8 Å². The number of amides is 1. The first-order chi connectivity index (χ1) is 13.8. The Labute approximate surface area is 167 Å². The highest BCUT2D eigenvalue weighted by atomic mass is 32.2. The van der Waals surface area contributed by atoms with Gasteiger partial charge in [-0.05, 0) is 54.1 Å². The largest absolute Gasteiger partial charge is 0.325 e. The molecule has 29 heavy (non-hydrogen) atoms. The zero-order valence-electron chi connectivity index (χ0n) is 15.3. The molecule has 0 saturated heterocycles. The van der Waals surface area contributed by atoms with E-state index < -0.39 is 34.1 Å². The van der Waals surface area contributed by atoms with Crippen molar-refractivity contribution in [3.8, 4) is 0 Å². The normalized spacial score (nSPS) is 11.4. The second kappa shape index (κ2) is 8.93. The van der Waals surface area contributed by atoms with E-state index in [1.165, 1.54) is 60.7 Å². The molecule has 0 radical (unpaired) electrons. The Balaban J connectivity index is 1.84. The number of benzene rings is 3. The van der Waals surface area contributed by atoms with Gasteiger partial charge in [-0.2, -0.15) is 4.31 Å². The number of nitrogens with one attached hydrogen (secondary N) is 1. The lowest BCUT2D eigenvalue weighted by Crippen LogP contribution is -2.37. The maximum atomic E-state index is 13.2. The molecular formula is C21H18F2N2O3S. The van der Waals surface area contributed by atoms with E-state index in [4.69, 9.17) is 0 Å². The zero-order valence-corrected chi connectivity index (χ0v) is 16.1. The van der Waals surface area contributed by atoms with Crippen molar-refractivity contribution in [2.45, 2.75) is 11.4 Å². The van der Waals surface area contributed by atoms with Gasteiger partial charge < -0.3 is 5.32 Å². The topological polar surface area (TPSA) is 66.5 Å². The van der Waals surface area contributed by atoms with E-state index >= 15 is 0 Å². The van der Waals surface area contributed by atoms with Crippen molar-refractivity contribution in [2.75, 3.05) is 11.9 Å². The second-order valence-electron chi connectivity index (χ2n) is 6.27. The molecule has 1 amide bonds. The summed E-state index contributed by atoms with van der Waals surface area (Å²) in [6.45, 7) is -0.583. The molecule has 0 unspecified atom stereocenters.